The molecule has 0 bridgehead atoms. The van der Waals surface area contributed by atoms with Crippen LogP contribution in [0, 0.1) is 0 Å². The lowest BCUT2D eigenvalue weighted by Crippen LogP contribution is -2.10. The fourth-order valence-electron chi connectivity index (χ4n) is 6.50. The molecule has 4 heteroatoms. The summed E-state index contributed by atoms with van der Waals surface area (Å²) in [5, 5.41) is 4.24. The van der Waals surface area contributed by atoms with Crippen LogP contribution in [0.1, 0.15) is 0 Å². The fraction of sp³-hybridized carbons (Fsp3) is 0. The molecule has 0 N–H and O–H groups in total. The zero-order valence-corrected chi connectivity index (χ0v) is 24.2. The number of hydrogen-bond donors (Lipinski definition) is 0. The third kappa shape index (κ3) is 4.19. The molecule has 4 nitrogen and oxygen atoms in total. The average molecular weight is 579 g/mol. The van der Waals surface area contributed by atoms with Gasteiger partial charge in [-0.15, -0.1) is 0 Å². The van der Waals surface area contributed by atoms with Gasteiger partial charge in [-0.05, 0) is 64.7 Å². The molecule has 9 rings (SSSR count). The molecule has 0 unspecified atom stereocenters. The molecule has 212 valence electrons. The molecule has 6 aromatic carbocycles. The highest BCUT2D eigenvalue weighted by Crippen LogP contribution is 2.44. The van der Waals surface area contributed by atoms with E-state index < -0.39 is 0 Å². The summed E-state index contributed by atoms with van der Waals surface area (Å²) in [5.41, 5.74) is 11.0. The van der Waals surface area contributed by atoms with Crippen LogP contribution in [0.15, 0.2) is 167 Å². The minimum absolute atomic E-state index is 0.752. The lowest BCUT2D eigenvalue weighted by atomic mass is 9.94. The molecule has 0 atom stereocenters. The molecule has 0 fully saturated rings. The van der Waals surface area contributed by atoms with E-state index >= 15 is 0 Å². The number of para-hydroxylation sites is 2. The van der Waals surface area contributed by atoms with Crippen LogP contribution in [0.4, 0.5) is 17.1 Å². The first-order valence-corrected chi connectivity index (χ1v) is 15.0. The Bertz CT molecular complexity index is 2490. The van der Waals surface area contributed by atoms with Gasteiger partial charge in [0.2, 0.25) is 0 Å². The summed E-state index contributed by atoms with van der Waals surface area (Å²) in [6.07, 6.45) is 3.73. The molecule has 0 spiro atoms. The third-order valence-electron chi connectivity index (χ3n) is 8.58. The molecular weight excluding hydrogens is 552 g/mol. The minimum Gasteiger partial charge on any atom is -0.456 e. The Morgan fingerprint density at radius 3 is 1.78 bits per heavy atom. The van der Waals surface area contributed by atoms with Crippen molar-refractivity contribution in [3.63, 3.8) is 0 Å². The summed E-state index contributed by atoms with van der Waals surface area (Å²) in [5.74, 6) is 0. The Labute approximate surface area is 259 Å². The van der Waals surface area contributed by atoms with E-state index in [1.165, 1.54) is 16.7 Å². The van der Waals surface area contributed by atoms with E-state index in [0.29, 0.717) is 0 Å². The number of benzene rings is 6. The lowest BCUT2D eigenvalue weighted by Gasteiger charge is -2.26. The van der Waals surface area contributed by atoms with E-state index in [9.17, 15) is 0 Å². The first kappa shape index (κ1) is 25.4. The van der Waals surface area contributed by atoms with Crippen LogP contribution >= 0.6 is 0 Å². The second-order valence-electron chi connectivity index (χ2n) is 11.2. The van der Waals surface area contributed by atoms with Gasteiger partial charge in [-0.1, -0.05) is 103 Å². The monoisotopic (exact) mass is 578 g/mol. The van der Waals surface area contributed by atoms with Crippen molar-refractivity contribution >= 4 is 60.9 Å². The van der Waals surface area contributed by atoms with Gasteiger partial charge in [-0.3, -0.25) is 4.98 Å². The van der Waals surface area contributed by atoms with Crippen molar-refractivity contribution in [3.8, 4) is 22.3 Å². The topological polar surface area (TPSA) is 42.4 Å². The molecule has 3 heterocycles. The van der Waals surface area contributed by atoms with Crippen molar-refractivity contribution in [1.82, 2.24) is 4.98 Å². The molecule has 45 heavy (non-hydrogen) atoms. The quantitative estimate of drug-likeness (QED) is 0.204. The number of hydrogen-bond acceptors (Lipinski definition) is 4. The number of fused-ring (bicyclic) bond motifs is 6. The third-order valence-corrected chi connectivity index (χ3v) is 8.58. The zero-order valence-electron chi connectivity index (χ0n) is 24.2. The molecule has 0 amide bonds. The van der Waals surface area contributed by atoms with Gasteiger partial charge < -0.3 is 13.7 Å². The summed E-state index contributed by atoms with van der Waals surface area (Å²) >= 11 is 0. The second-order valence-corrected chi connectivity index (χ2v) is 11.2. The molecule has 0 saturated carbocycles. The lowest BCUT2D eigenvalue weighted by molar-refractivity contribution is 0.667. The number of anilines is 3. The Hall–Kier alpha value is -6.13. The van der Waals surface area contributed by atoms with E-state index in [0.717, 1.165) is 66.5 Å². The highest BCUT2D eigenvalue weighted by Gasteiger charge is 2.21. The molecule has 3 aromatic heterocycles. The maximum Gasteiger partial charge on any atom is 0.155 e. The fourth-order valence-corrected chi connectivity index (χ4v) is 6.50. The van der Waals surface area contributed by atoms with E-state index in [2.05, 4.69) is 131 Å². The molecule has 0 radical (unpaired) electrons. The van der Waals surface area contributed by atoms with Crippen molar-refractivity contribution in [3.05, 3.63) is 158 Å². The number of aromatic nitrogens is 1. The van der Waals surface area contributed by atoms with Gasteiger partial charge >= 0.3 is 0 Å². The number of rotatable bonds is 5. The highest BCUT2D eigenvalue weighted by atomic mass is 16.3. The molecule has 0 aliphatic rings. The Morgan fingerprint density at radius 2 is 1.00 bits per heavy atom. The van der Waals surface area contributed by atoms with E-state index in [1.807, 2.05) is 30.5 Å². The summed E-state index contributed by atoms with van der Waals surface area (Å²) in [6.45, 7) is 0. The van der Waals surface area contributed by atoms with Crippen LogP contribution in [0.2, 0.25) is 0 Å². The first-order valence-electron chi connectivity index (χ1n) is 15.0. The highest BCUT2D eigenvalue weighted by molar-refractivity contribution is 6.13. The Kier molecular flexibility index (Phi) is 5.78. The SMILES string of the molecule is c1ccc(-c2ccccc2-c2ccc(N(c3ccc4oc5ccccc5c4c3)c3cncc4oc5ccccc5c34)cc2)cc1. The summed E-state index contributed by atoms with van der Waals surface area (Å²) in [4.78, 5) is 6.91. The smallest absolute Gasteiger partial charge is 0.155 e. The van der Waals surface area contributed by atoms with E-state index in [4.69, 9.17) is 8.83 Å². The first-order chi connectivity index (χ1) is 22.3. The van der Waals surface area contributed by atoms with Crippen LogP contribution in [0.3, 0.4) is 0 Å². The standard InChI is InChI=1S/C41H26N2O2/c1-2-10-27(11-3-1)31-12-4-5-13-32(31)28-18-20-29(21-19-28)43(30-22-23-39-35(24-30)33-14-6-8-16-37(33)44-39)36-25-42-26-40-41(36)34-15-7-9-17-38(34)45-40/h1-26H. The van der Waals surface area contributed by atoms with Crippen molar-refractivity contribution in [2.24, 2.45) is 0 Å². The number of nitrogens with zero attached hydrogens (tertiary/aromatic N) is 2. The van der Waals surface area contributed by atoms with Crippen LogP contribution in [0.25, 0.3) is 66.1 Å². The van der Waals surface area contributed by atoms with Crippen molar-refractivity contribution in [1.29, 1.82) is 0 Å². The van der Waals surface area contributed by atoms with Crippen LogP contribution in [0.5, 0.6) is 0 Å². The molecule has 0 aliphatic carbocycles. The van der Waals surface area contributed by atoms with Crippen molar-refractivity contribution in [2.45, 2.75) is 0 Å². The van der Waals surface area contributed by atoms with Crippen molar-refractivity contribution < 1.29 is 8.83 Å². The molecular formula is C41H26N2O2. The van der Waals surface area contributed by atoms with E-state index in [-0.39, 0.29) is 0 Å². The maximum atomic E-state index is 6.26. The minimum atomic E-state index is 0.752. The predicted molar refractivity (Wildman–Crippen MR) is 184 cm³/mol. The van der Waals surface area contributed by atoms with Gasteiger partial charge in [0.05, 0.1) is 23.5 Å². The van der Waals surface area contributed by atoms with Gasteiger partial charge in [-0.25, -0.2) is 0 Å². The van der Waals surface area contributed by atoms with Gasteiger partial charge in [0.25, 0.3) is 0 Å². The Morgan fingerprint density at radius 1 is 0.422 bits per heavy atom. The van der Waals surface area contributed by atoms with Gasteiger partial charge in [-0.2, -0.15) is 0 Å². The molecule has 0 aliphatic heterocycles. The van der Waals surface area contributed by atoms with Gasteiger partial charge in [0.1, 0.15) is 16.7 Å². The molecule has 9 aromatic rings. The Balaban J connectivity index is 1.25. The number of furan rings is 2. The maximum absolute atomic E-state index is 6.26. The van der Waals surface area contributed by atoms with Crippen LogP contribution in [-0.2, 0) is 0 Å². The van der Waals surface area contributed by atoms with Crippen LogP contribution < -0.4 is 4.90 Å². The second kappa shape index (κ2) is 10.2. The summed E-state index contributed by atoms with van der Waals surface area (Å²) in [7, 11) is 0. The average Bonchev–Trinajstić information content (AvgIpc) is 3.68. The van der Waals surface area contributed by atoms with Gasteiger partial charge in [0, 0.05) is 27.5 Å². The van der Waals surface area contributed by atoms with Crippen LogP contribution in [-0.4, -0.2) is 4.98 Å². The zero-order chi connectivity index (χ0) is 29.7. The predicted octanol–water partition coefficient (Wildman–Crippen LogP) is 11.7. The van der Waals surface area contributed by atoms with E-state index in [1.54, 1.807) is 6.20 Å². The molecule has 0 saturated heterocycles. The summed E-state index contributed by atoms with van der Waals surface area (Å²) in [6, 6.07) is 50.6. The summed E-state index contributed by atoms with van der Waals surface area (Å²) < 4.78 is 12.4. The van der Waals surface area contributed by atoms with Crippen molar-refractivity contribution in [2.75, 3.05) is 4.90 Å². The normalized spacial score (nSPS) is 11.6. The van der Waals surface area contributed by atoms with Gasteiger partial charge in [0.15, 0.2) is 5.58 Å². The number of pyridine rings is 1. The largest absolute Gasteiger partial charge is 0.456 e.